The maximum Gasteiger partial charge on any atom is 0.118 e. The molecule has 0 bridgehead atoms. The minimum Gasteiger partial charge on any atom is -0.497 e. The van der Waals surface area contributed by atoms with Gasteiger partial charge < -0.3 is 10.1 Å². The van der Waals surface area contributed by atoms with Crippen molar-refractivity contribution in [1.29, 1.82) is 0 Å². The molecule has 1 aromatic rings. The van der Waals surface area contributed by atoms with E-state index in [1.165, 1.54) is 37.0 Å². The molecule has 2 nitrogen and oxygen atoms in total. The van der Waals surface area contributed by atoms with Crippen LogP contribution in [0.5, 0.6) is 5.75 Å². The second kappa shape index (κ2) is 11.0. The summed E-state index contributed by atoms with van der Waals surface area (Å²) in [5.41, 5.74) is 1.39. The van der Waals surface area contributed by atoms with Crippen molar-refractivity contribution in [2.45, 2.75) is 45.1 Å². The molecule has 1 N–H and O–H groups in total. The Morgan fingerprint density at radius 3 is 2.55 bits per heavy atom. The molecule has 0 saturated heterocycles. The molecule has 0 fully saturated rings. The zero-order valence-corrected chi connectivity index (χ0v) is 14.0. The number of methoxy groups -OCH3 is 1. The first-order valence-corrected chi connectivity index (χ1v) is 9.01. The van der Waals surface area contributed by atoms with E-state index < -0.39 is 0 Å². The van der Waals surface area contributed by atoms with E-state index in [1.54, 1.807) is 7.11 Å². The summed E-state index contributed by atoms with van der Waals surface area (Å²) in [5, 5.41) is 3.62. The fourth-order valence-corrected chi connectivity index (χ4v) is 2.67. The third-order valence-electron chi connectivity index (χ3n) is 3.54. The van der Waals surface area contributed by atoms with Crippen LogP contribution >= 0.6 is 11.8 Å². The average molecular weight is 295 g/mol. The van der Waals surface area contributed by atoms with Gasteiger partial charge in [-0.1, -0.05) is 18.6 Å². The highest BCUT2D eigenvalue weighted by molar-refractivity contribution is 7.98. The van der Waals surface area contributed by atoms with Gasteiger partial charge in [0.15, 0.2) is 0 Å². The van der Waals surface area contributed by atoms with Crippen LogP contribution in [-0.2, 0) is 6.42 Å². The van der Waals surface area contributed by atoms with Crippen LogP contribution in [0.1, 0.15) is 38.2 Å². The van der Waals surface area contributed by atoms with Crippen LogP contribution in [-0.4, -0.2) is 31.7 Å². The third kappa shape index (κ3) is 7.81. The molecule has 0 amide bonds. The molecular weight excluding hydrogens is 266 g/mol. The smallest absolute Gasteiger partial charge is 0.118 e. The summed E-state index contributed by atoms with van der Waals surface area (Å²) in [6, 6.07) is 9.00. The van der Waals surface area contributed by atoms with Crippen LogP contribution in [0.15, 0.2) is 24.3 Å². The van der Waals surface area contributed by atoms with Gasteiger partial charge in [-0.15, -0.1) is 0 Å². The van der Waals surface area contributed by atoms with Crippen molar-refractivity contribution < 1.29 is 4.74 Å². The van der Waals surface area contributed by atoms with E-state index in [0.29, 0.717) is 6.04 Å². The first-order chi connectivity index (χ1) is 9.76. The second-order valence-electron chi connectivity index (χ2n) is 5.30. The Hall–Kier alpha value is -0.670. The number of hydrogen-bond acceptors (Lipinski definition) is 3. The Labute approximate surface area is 128 Å². The minimum atomic E-state index is 0.595. The van der Waals surface area contributed by atoms with Gasteiger partial charge in [-0.25, -0.2) is 0 Å². The Bertz CT molecular complexity index is 339. The van der Waals surface area contributed by atoms with Crippen LogP contribution in [0, 0.1) is 0 Å². The molecule has 20 heavy (non-hydrogen) atoms. The van der Waals surface area contributed by atoms with Gasteiger partial charge in [0.2, 0.25) is 0 Å². The minimum absolute atomic E-state index is 0.595. The first-order valence-electron chi connectivity index (χ1n) is 7.61. The molecule has 0 radical (unpaired) electrons. The Morgan fingerprint density at radius 2 is 1.90 bits per heavy atom. The number of thioether (sulfide) groups is 1. The van der Waals surface area contributed by atoms with Crippen molar-refractivity contribution in [3.05, 3.63) is 29.8 Å². The van der Waals surface area contributed by atoms with Crippen molar-refractivity contribution in [2.24, 2.45) is 0 Å². The molecule has 3 heteroatoms. The van der Waals surface area contributed by atoms with Gasteiger partial charge in [0, 0.05) is 6.04 Å². The molecule has 1 atom stereocenters. The fourth-order valence-electron chi connectivity index (χ4n) is 2.17. The van der Waals surface area contributed by atoms with Crippen LogP contribution < -0.4 is 10.1 Å². The summed E-state index contributed by atoms with van der Waals surface area (Å²) in [5.74, 6) is 2.23. The summed E-state index contributed by atoms with van der Waals surface area (Å²) >= 11 is 1.94. The van der Waals surface area contributed by atoms with Crippen molar-refractivity contribution in [1.82, 2.24) is 5.32 Å². The molecule has 0 aromatic heterocycles. The highest BCUT2D eigenvalue weighted by Gasteiger charge is 2.02. The van der Waals surface area contributed by atoms with Gasteiger partial charge in [0.25, 0.3) is 0 Å². The van der Waals surface area contributed by atoms with E-state index in [9.17, 15) is 0 Å². The lowest BCUT2D eigenvalue weighted by Crippen LogP contribution is -2.27. The number of unbranched alkanes of at least 4 members (excludes halogenated alkanes) is 2. The van der Waals surface area contributed by atoms with Gasteiger partial charge in [0.05, 0.1) is 7.11 Å². The van der Waals surface area contributed by atoms with Gasteiger partial charge >= 0.3 is 0 Å². The number of benzene rings is 1. The predicted octanol–water partition coefficient (Wildman–Crippen LogP) is 4.14. The van der Waals surface area contributed by atoms with E-state index in [-0.39, 0.29) is 0 Å². The van der Waals surface area contributed by atoms with Crippen LogP contribution in [0.4, 0.5) is 0 Å². The quantitative estimate of drug-likeness (QED) is 0.620. The lowest BCUT2D eigenvalue weighted by atomic mass is 10.1. The molecular formula is C17H29NOS. The van der Waals surface area contributed by atoms with Crippen molar-refractivity contribution in [3.63, 3.8) is 0 Å². The van der Waals surface area contributed by atoms with E-state index >= 15 is 0 Å². The summed E-state index contributed by atoms with van der Waals surface area (Å²) in [6.45, 7) is 3.43. The summed E-state index contributed by atoms with van der Waals surface area (Å²) < 4.78 is 5.17. The standard InChI is InChI=1S/C17H29NOS/c1-15(18-13-5-4-6-14-20-3)7-8-16-9-11-17(19-2)12-10-16/h9-12,15,18H,4-8,13-14H2,1-3H3. The Morgan fingerprint density at radius 1 is 1.15 bits per heavy atom. The summed E-state index contributed by atoms with van der Waals surface area (Å²) in [7, 11) is 1.71. The molecule has 0 aliphatic rings. The van der Waals surface area contributed by atoms with Gasteiger partial charge in [-0.05, 0) is 68.9 Å². The molecule has 0 aliphatic carbocycles. The molecule has 1 rings (SSSR count). The summed E-state index contributed by atoms with van der Waals surface area (Å²) in [6.07, 6.45) is 8.50. The number of rotatable bonds is 11. The van der Waals surface area contributed by atoms with Crippen LogP contribution in [0.2, 0.25) is 0 Å². The number of ether oxygens (including phenoxy) is 1. The summed E-state index contributed by atoms with van der Waals surface area (Å²) in [4.78, 5) is 0. The molecule has 114 valence electrons. The van der Waals surface area contributed by atoms with E-state index in [0.717, 1.165) is 18.7 Å². The molecule has 0 aliphatic heterocycles. The van der Waals surface area contributed by atoms with Gasteiger partial charge in [-0.2, -0.15) is 11.8 Å². The maximum atomic E-state index is 5.17. The Balaban J connectivity index is 2.08. The second-order valence-corrected chi connectivity index (χ2v) is 6.28. The van der Waals surface area contributed by atoms with Crippen LogP contribution in [0.25, 0.3) is 0 Å². The molecule has 1 unspecified atom stereocenters. The average Bonchev–Trinajstić information content (AvgIpc) is 2.49. The fraction of sp³-hybridized carbons (Fsp3) is 0.647. The monoisotopic (exact) mass is 295 g/mol. The Kier molecular flexibility index (Phi) is 9.60. The molecule has 0 saturated carbocycles. The van der Waals surface area contributed by atoms with E-state index in [2.05, 4.69) is 30.6 Å². The largest absolute Gasteiger partial charge is 0.497 e. The lowest BCUT2D eigenvalue weighted by molar-refractivity contribution is 0.414. The lowest BCUT2D eigenvalue weighted by Gasteiger charge is -2.13. The number of aryl methyl sites for hydroxylation is 1. The zero-order valence-electron chi connectivity index (χ0n) is 13.2. The maximum absolute atomic E-state index is 5.17. The van der Waals surface area contributed by atoms with Crippen molar-refractivity contribution >= 4 is 11.8 Å². The predicted molar refractivity (Wildman–Crippen MR) is 91.0 cm³/mol. The number of nitrogens with one attached hydrogen (secondary N) is 1. The van der Waals surface area contributed by atoms with Crippen LogP contribution in [0.3, 0.4) is 0 Å². The molecule has 1 aromatic carbocycles. The van der Waals surface area contributed by atoms with E-state index in [1.807, 2.05) is 23.9 Å². The normalized spacial score (nSPS) is 12.3. The third-order valence-corrected chi connectivity index (χ3v) is 4.24. The highest BCUT2D eigenvalue weighted by atomic mass is 32.2. The SMILES string of the molecule is COc1ccc(CCC(C)NCCCCCSC)cc1. The van der Waals surface area contributed by atoms with E-state index in [4.69, 9.17) is 4.74 Å². The molecule has 0 spiro atoms. The number of hydrogen-bond donors (Lipinski definition) is 1. The first kappa shape index (κ1) is 17.4. The molecule has 0 heterocycles. The van der Waals surface area contributed by atoms with Crippen molar-refractivity contribution in [2.75, 3.05) is 25.7 Å². The van der Waals surface area contributed by atoms with Gasteiger partial charge in [0.1, 0.15) is 5.75 Å². The van der Waals surface area contributed by atoms with Crippen molar-refractivity contribution in [3.8, 4) is 5.75 Å². The zero-order chi connectivity index (χ0) is 14.6. The topological polar surface area (TPSA) is 21.3 Å². The highest BCUT2D eigenvalue weighted by Crippen LogP contribution is 2.13. The van der Waals surface area contributed by atoms with Gasteiger partial charge in [-0.3, -0.25) is 0 Å².